The average Bonchev–Trinajstić information content (AvgIpc) is 2.96. The Morgan fingerprint density at radius 3 is 2.58 bits per heavy atom. The van der Waals surface area contributed by atoms with E-state index < -0.39 is 22.9 Å². The lowest BCUT2D eigenvalue weighted by Gasteiger charge is -2.39. The van der Waals surface area contributed by atoms with Gasteiger partial charge in [-0.1, -0.05) is 26.0 Å². The lowest BCUT2D eigenvalue weighted by molar-refractivity contribution is -0.384. The number of hydrogen-bond acceptors (Lipinski definition) is 6. The van der Waals surface area contributed by atoms with Crippen LogP contribution in [0.5, 0.6) is 5.75 Å². The Kier molecular flexibility index (Phi) is 7.09. The number of amides is 4. The van der Waals surface area contributed by atoms with Crippen LogP contribution in [-0.4, -0.2) is 60.0 Å². The van der Waals surface area contributed by atoms with Crippen LogP contribution in [0.1, 0.15) is 26.7 Å². The van der Waals surface area contributed by atoms with Gasteiger partial charge in [-0.15, -0.1) is 0 Å². The molecule has 0 saturated carbocycles. The van der Waals surface area contributed by atoms with Crippen molar-refractivity contribution in [3.8, 4) is 5.75 Å². The number of likely N-dealkylation sites (tertiary alicyclic amines) is 1. The van der Waals surface area contributed by atoms with Crippen LogP contribution in [0, 0.1) is 15.5 Å². The van der Waals surface area contributed by atoms with E-state index in [1.165, 1.54) is 29.2 Å². The summed E-state index contributed by atoms with van der Waals surface area (Å²) in [6.07, 6.45) is 1.94. The number of benzene rings is 2. The number of para-hydroxylation sites is 2. The minimum atomic E-state index is -1.05. The predicted molar refractivity (Wildman–Crippen MR) is 133 cm³/mol. The van der Waals surface area contributed by atoms with Crippen LogP contribution in [0.4, 0.5) is 21.9 Å². The molecule has 11 heteroatoms. The molecule has 4 amide bonds. The van der Waals surface area contributed by atoms with E-state index in [-0.39, 0.29) is 30.2 Å². The molecule has 0 aliphatic carbocycles. The zero-order chi connectivity index (χ0) is 25.9. The third kappa shape index (κ3) is 5.73. The van der Waals surface area contributed by atoms with Crippen molar-refractivity contribution in [1.82, 2.24) is 10.2 Å². The molecule has 2 aromatic rings. The maximum atomic E-state index is 13.5. The van der Waals surface area contributed by atoms with Crippen molar-refractivity contribution in [3.63, 3.8) is 0 Å². The molecule has 2 aliphatic heterocycles. The number of rotatable bonds is 5. The fourth-order valence-corrected chi connectivity index (χ4v) is 4.48. The van der Waals surface area contributed by atoms with Crippen molar-refractivity contribution in [1.29, 1.82) is 0 Å². The molecule has 0 bridgehead atoms. The molecule has 2 aliphatic rings. The van der Waals surface area contributed by atoms with E-state index in [1.54, 1.807) is 29.2 Å². The van der Waals surface area contributed by atoms with E-state index in [1.807, 2.05) is 0 Å². The Hall–Kier alpha value is -4.15. The van der Waals surface area contributed by atoms with Gasteiger partial charge in [0.05, 0.1) is 10.6 Å². The molecule has 2 heterocycles. The van der Waals surface area contributed by atoms with Gasteiger partial charge in [0, 0.05) is 30.9 Å². The van der Waals surface area contributed by atoms with Crippen molar-refractivity contribution >= 4 is 34.9 Å². The summed E-state index contributed by atoms with van der Waals surface area (Å²) in [7, 11) is 0. The average molecular weight is 496 g/mol. The number of urea groups is 1. The standard InChI is InChI=1S/C25H29N5O6/c1-25(2)12-5-13-28(16-25)22(31)14-29-20-6-3-4-7-21(20)36-15-19(23(29)32)27-24(33)26-17-8-10-18(11-9-17)30(34)35/h3-4,6-11,19H,5,12-16H2,1-2H3,(H2,26,27,33)/t19-/m1/s1. The fourth-order valence-electron chi connectivity index (χ4n) is 4.48. The lowest BCUT2D eigenvalue weighted by Crippen LogP contribution is -2.54. The Morgan fingerprint density at radius 1 is 1.17 bits per heavy atom. The van der Waals surface area contributed by atoms with E-state index in [0.717, 1.165) is 12.8 Å². The number of carbonyl (C=O) groups excluding carboxylic acids is 3. The van der Waals surface area contributed by atoms with E-state index in [4.69, 9.17) is 4.74 Å². The number of carbonyl (C=O) groups is 3. The number of hydrogen-bond donors (Lipinski definition) is 2. The molecular weight excluding hydrogens is 466 g/mol. The monoisotopic (exact) mass is 495 g/mol. The van der Waals surface area contributed by atoms with Crippen molar-refractivity contribution in [2.24, 2.45) is 5.41 Å². The van der Waals surface area contributed by atoms with Crippen LogP contribution in [-0.2, 0) is 9.59 Å². The zero-order valence-corrected chi connectivity index (χ0v) is 20.2. The van der Waals surface area contributed by atoms with Crippen LogP contribution in [0.2, 0.25) is 0 Å². The second-order valence-corrected chi connectivity index (χ2v) is 9.74. The maximum absolute atomic E-state index is 13.5. The van der Waals surface area contributed by atoms with Gasteiger partial charge < -0.3 is 20.3 Å². The Balaban J connectivity index is 1.48. The number of nitro benzene ring substituents is 1. The third-order valence-corrected chi connectivity index (χ3v) is 6.31. The molecule has 2 N–H and O–H groups in total. The Bertz CT molecular complexity index is 1170. The summed E-state index contributed by atoms with van der Waals surface area (Å²) in [6, 6.07) is 10.5. The molecule has 190 valence electrons. The van der Waals surface area contributed by atoms with E-state index in [0.29, 0.717) is 30.2 Å². The molecule has 2 aromatic carbocycles. The summed E-state index contributed by atoms with van der Waals surface area (Å²) >= 11 is 0. The van der Waals surface area contributed by atoms with Crippen molar-refractivity contribution in [3.05, 3.63) is 58.6 Å². The van der Waals surface area contributed by atoms with Gasteiger partial charge in [0.2, 0.25) is 5.91 Å². The highest BCUT2D eigenvalue weighted by Crippen LogP contribution is 2.32. The van der Waals surface area contributed by atoms with Gasteiger partial charge >= 0.3 is 6.03 Å². The highest BCUT2D eigenvalue weighted by atomic mass is 16.6. The van der Waals surface area contributed by atoms with Crippen LogP contribution in [0.15, 0.2) is 48.5 Å². The van der Waals surface area contributed by atoms with Gasteiger partial charge in [-0.25, -0.2) is 4.79 Å². The largest absolute Gasteiger partial charge is 0.489 e. The first-order valence-corrected chi connectivity index (χ1v) is 11.8. The van der Waals surface area contributed by atoms with Gasteiger partial charge in [0.1, 0.15) is 24.9 Å². The van der Waals surface area contributed by atoms with Crippen molar-refractivity contribution in [2.45, 2.75) is 32.7 Å². The molecular formula is C25H29N5O6. The first-order chi connectivity index (χ1) is 17.1. The molecule has 1 atom stereocenters. The maximum Gasteiger partial charge on any atom is 0.320 e. The summed E-state index contributed by atoms with van der Waals surface area (Å²) < 4.78 is 5.81. The quantitative estimate of drug-likeness (QED) is 0.483. The molecule has 4 rings (SSSR count). The summed E-state index contributed by atoms with van der Waals surface area (Å²) in [6.45, 7) is 5.21. The molecule has 11 nitrogen and oxygen atoms in total. The second-order valence-electron chi connectivity index (χ2n) is 9.74. The number of nitro groups is 1. The van der Waals surface area contributed by atoms with Gasteiger partial charge in [-0.2, -0.15) is 0 Å². The first-order valence-electron chi connectivity index (χ1n) is 11.8. The number of piperidine rings is 1. The molecule has 36 heavy (non-hydrogen) atoms. The topological polar surface area (TPSA) is 134 Å². The van der Waals surface area contributed by atoms with Crippen LogP contribution in [0.3, 0.4) is 0 Å². The molecule has 0 unspecified atom stereocenters. The highest BCUT2D eigenvalue weighted by molar-refractivity contribution is 6.05. The summed E-state index contributed by atoms with van der Waals surface area (Å²) in [5.74, 6) is -0.192. The molecule has 1 fully saturated rings. The number of fused-ring (bicyclic) bond motifs is 1. The Labute approximate surface area is 208 Å². The summed E-state index contributed by atoms with van der Waals surface area (Å²) in [5, 5.41) is 16.0. The van der Waals surface area contributed by atoms with Crippen LogP contribution >= 0.6 is 0 Å². The fraction of sp³-hybridized carbons (Fsp3) is 0.400. The number of nitrogens with one attached hydrogen (secondary N) is 2. The predicted octanol–water partition coefficient (Wildman–Crippen LogP) is 3.16. The molecule has 0 spiro atoms. The minimum absolute atomic E-state index is 0.0117. The van der Waals surface area contributed by atoms with Crippen LogP contribution < -0.4 is 20.3 Å². The number of nitrogens with zero attached hydrogens (tertiary/aromatic N) is 3. The summed E-state index contributed by atoms with van der Waals surface area (Å²) in [5.41, 5.74) is 0.691. The molecule has 0 aromatic heterocycles. The van der Waals surface area contributed by atoms with E-state index in [2.05, 4.69) is 24.5 Å². The minimum Gasteiger partial charge on any atom is -0.489 e. The Morgan fingerprint density at radius 2 is 1.89 bits per heavy atom. The lowest BCUT2D eigenvalue weighted by atomic mass is 9.84. The molecule has 1 saturated heterocycles. The summed E-state index contributed by atoms with van der Waals surface area (Å²) in [4.78, 5) is 52.8. The van der Waals surface area contributed by atoms with E-state index >= 15 is 0 Å². The van der Waals surface area contributed by atoms with Gasteiger partial charge in [0.25, 0.3) is 11.6 Å². The number of anilines is 2. The van der Waals surface area contributed by atoms with Gasteiger partial charge in [-0.3, -0.25) is 24.6 Å². The molecule has 0 radical (unpaired) electrons. The van der Waals surface area contributed by atoms with Crippen molar-refractivity contribution < 1.29 is 24.0 Å². The van der Waals surface area contributed by atoms with Gasteiger partial charge in [-0.05, 0) is 42.5 Å². The van der Waals surface area contributed by atoms with Crippen molar-refractivity contribution in [2.75, 3.05) is 36.5 Å². The highest BCUT2D eigenvalue weighted by Gasteiger charge is 2.36. The number of ether oxygens (including phenoxy) is 1. The number of non-ortho nitro benzene ring substituents is 1. The third-order valence-electron chi connectivity index (χ3n) is 6.31. The van der Waals surface area contributed by atoms with Crippen LogP contribution in [0.25, 0.3) is 0 Å². The first kappa shape index (κ1) is 25.0. The van der Waals surface area contributed by atoms with E-state index in [9.17, 15) is 24.5 Å². The SMILES string of the molecule is CC1(C)CCCN(C(=O)CN2C(=O)[C@H](NC(=O)Nc3ccc([N+](=O)[O-])cc3)COc3ccccc32)C1. The second kappa shape index (κ2) is 10.2. The smallest absolute Gasteiger partial charge is 0.320 e. The van der Waals surface area contributed by atoms with Gasteiger partial charge in [0.15, 0.2) is 0 Å². The normalized spacial score (nSPS) is 18.9. The zero-order valence-electron chi connectivity index (χ0n) is 20.2.